The molecule has 2 rings (SSSR count). The normalized spacial score (nSPS) is 28.6. The zero-order valence-corrected chi connectivity index (χ0v) is 12.5. The Bertz CT molecular complexity index is 414. The molecule has 0 radical (unpaired) electrons. The van der Waals surface area contributed by atoms with Crippen molar-refractivity contribution in [3.05, 3.63) is 23.8 Å². The monoisotopic (exact) mass is 264 g/mol. The van der Waals surface area contributed by atoms with E-state index in [2.05, 4.69) is 39.5 Å². The Labute approximate surface area is 116 Å². The molecule has 1 aliphatic carbocycles. The van der Waals surface area contributed by atoms with Crippen LogP contribution >= 0.6 is 12.6 Å². The molecule has 2 heteroatoms. The average molecular weight is 264 g/mol. The summed E-state index contributed by atoms with van der Waals surface area (Å²) in [6.07, 6.45) is 3.90. The Kier molecular flexibility index (Phi) is 4.26. The van der Waals surface area contributed by atoms with E-state index in [0.717, 1.165) is 11.8 Å². The number of phenolic OH excluding ortho intramolecular Hbond substituents is 1. The first kappa shape index (κ1) is 13.8. The molecule has 100 valence electrons. The van der Waals surface area contributed by atoms with E-state index in [0.29, 0.717) is 22.5 Å². The van der Waals surface area contributed by atoms with E-state index in [4.69, 9.17) is 0 Å². The van der Waals surface area contributed by atoms with Gasteiger partial charge in [0.05, 0.1) is 0 Å². The molecule has 1 fully saturated rings. The number of aromatic hydroxyl groups is 1. The van der Waals surface area contributed by atoms with Gasteiger partial charge in [-0.2, -0.15) is 0 Å². The van der Waals surface area contributed by atoms with Gasteiger partial charge in [0.1, 0.15) is 5.75 Å². The third-order valence-electron chi connectivity index (χ3n) is 4.45. The van der Waals surface area contributed by atoms with Crippen molar-refractivity contribution in [1.82, 2.24) is 0 Å². The molecule has 0 heterocycles. The Morgan fingerprint density at radius 1 is 1.28 bits per heavy atom. The number of hydrogen-bond donors (Lipinski definition) is 2. The van der Waals surface area contributed by atoms with Crippen molar-refractivity contribution in [2.45, 2.75) is 50.8 Å². The van der Waals surface area contributed by atoms with Crippen LogP contribution in [0.2, 0.25) is 0 Å². The Hall–Kier alpha value is -0.630. The predicted octanol–water partition coefficient (Wildman–Crippen LogP) is 4.86. The van der Waals surface area contributed by atoms with Crippen molar-refractivity contribution in [2.24, 2.45) is 17.8 Å². The topological polar surface area (TPSA) is 20.2 Å². The molecular formula is C16H24OS. The first-order valence-electron chi connectivity index (χ1n) is 7.01. The minimum atomic E-state index is 0.316. The molecule has 1 N–H and O–H groups in total. The molecule has 0 amide bonds. The number of phenols is 1. The van der Waals surface area contributed by atoms with Crippen LogP contribution in [0.4, 0.5) is 0 Å². The minimum Gasteiger partial charge on any atom is -0.507 e. The Morgan fingerprint density at radius 3 is 2.61 bits per heavy atom. The van der Waals surface area contributed by atoms with E-state index >= 15 is 0 Å². The summed E-state index contributed by atoms with van der Waals surface area (Å²) in [4.78, 5) is 0.670. The molecule has 0 saturated heterocycles. The second-order valence-corrected chi connectivity index (χ2v) is 6.66. The molecule has 1 aromatic rings. The average Bonchev–Trinajstić information content (AvgIpc) is 2.32. The van der Waals surface area contributed by atoms with Crippen molar-refractivity contribution in [3.63, 3.8) is 0 Å². The molecule has 1 saturated carbocycles. The molecule has 0 aliphatic heterocycles. The van der Waals surface area contributed by atoms with Gasteiger partial charge < -0.3 is 5.11 Å². The fraction of sp³-hybridized carbons (Fsp3) is 0.625. The summed E-state index contributed by atoms with van der Waals surface area (Å²) < 4.78 is 0. The molecule has 0 spiro atoms. The third kappa shape index (κ3) is 2.85. The summed E-state index contributed by atoms with van der Waals surface area (Å²) in [6, 6.07) is 5.98. The van der Waals surface area contributed by atoms with E-state index < -0.39 is 0 Å². The number of benzene rings is 1. The molecule has 18 heavy (non-hydrogen) atoms. The van der Waals surface area contributed by atoms with Gasteiger partial charge in [-0.05, 0) is 54.2 Å². The van der Waals surface area contributed by atoms with Gasteiger partial charge in [-0.3, -0.25) is 0 Å². The highest BCUT2D eigenvalue weighted by molar-refractivity contribution is 7.80. The van der Waals surface area contributed by atoms with E-state index in [1.807, 2.05) is 12.1 Å². The summed E-state index contributed by atoms with van der Waals surface area (Å²) >= 11 is 4.24. The van der Waals surface area contributed by atoms with E-state index in [9.17, 15) is 5.11 Å². The largest absolute Gasteiger partial charge is 0.507 e. The lowest BCUT2D eigenvalue weighted by Gasteiger charge is -2.37. The maximum Gasteiger partial charge on any atom is 0.129 e. The van der Waals surface area contributed by atoms with Crippen LogP contribution in [0.3, 0.4) is 0 Å². The smallest absolute Gasteiger partial charge is 0.129 e. The zero-order chi connectivity index (χ0) is 13.3. The van der Waals surface area contributed by atoms with Gasteiger partial charge in [-0.1, -0.05) is 33.3 Å². The second kappa shape index (κ2) is 5.56. The summed E-state index contributed by atoms with van der Waals surface area (Å²) in [6.45, 7) is 6.98. The Morgan fingerprint density at radius 2 is 2.00 bits per heavy atom. The maximum absolute atomic E-state index is 9.85. The van der Waals surface area contributed by atoms with E-state index in [1.54, 1.807) is 0 Å². The quantitative estimate of drug-likeness (QED) is 0.731. The molecule has 0 aromatic heterocycles. The van der Waals surface area contributed by atoms with Crippen LogP contribution < -0.4 is 0 Å². The van der Waals surface area contributed by atoms with Gasteiger partial charge in [0, 0.05) is 4.90 Å². The molecular weight excluding hydrogens is 240 g/mol. The fourth-order valence-corrected chi connectivity index (χ4v) is 3.50. The van der Waals surface area contributed by atoms with Crippen molar-refractivity contribution in [2.75, 3.05) is 0 Å². The zero-order valence-electron chi connectivity index (χ0n) is 11.6. The van der Waals surface area contributed by atoms with Gasteiger partial charge in [-0.25, -0.2) is 0 Å². The van der Waals surface area contributed by atoms with E-state index in [1.165, 1.54) is 24.8 Å². The van der Waals surface area contributed by atoms with Crippen molar-refractivity contribution < 1.29 is 5.11 Å². The van der Waals surface area contributed by atoms with Gasteiger partial charge in [-0.15, -0.1) is 12.6 Å². The molecule has 3 atom stereocenters. The van der Waals surface area contributed by atoms with Gasteiger partial charge >= 0.3 is 0 Å². The van der Waals surface area contributed by atoms with Crippen LogP contribution in [0.25, 0.3) is 0 Å². The standard InChI is InChI=1S/C16H24OS/c1-10(2)13-6-4-11(3)8-14(13)12-5-7-16(18)15(17)9-12/h5,7,9-11,13-14,17-18H,4,6,8H2,1-3H3. The summed E-state index contributed by atoms with van der Waals surface area (Å²) in [7, 11) is 0. The predicted molar refractivity (Wildman–Crippen MR) is 79.4 cm³/mol. The van der Waals surface area contributed by atoms with Crippen LogP contribution in [0.5, 0.6) is 5.75 Å². The molecule has 3 unspecified atom stereocenters. The number of thiol groups is 1. The highest BCUT2D eigenvalue weighted by Crippen LogP contribution is 2.44. The van der Waals surface area contributed by atoms with Crippen LogP contribution in [0.15, 0.2) is 23.1 Å². The second-order valence-electron chi connectivity index (χ2n) is 6.18. The van der Waals surface area contributed by atoms with Gasteiger partial charge in [0.15, 0.2) is 0 Å². The van der Waals surface area contributed by atoms with Crippen LogP contribution in [-0.2, 0) is 0 Å². The summed E-state index contributed by atoms with van der Waals surface area (Å²) in [5.41, 5.74) is 1.29. The van der Waals surface area contributed by atoms with Gasteiger partial charge in [0.2, 0.25) is 0 Å². The lowest BCUT2D eigenvalue weighted by molar-refractivity contribution is 0.197. The van der Waals surface area contributed by atoms with Crippen molar-refractivity contribution in [3.8, 4) is 5.75 Å². The minimum absolute atomic E-state index is 0.316. The number of rotatable bonds is 2. The third-order valence-corrected chi connectivity index (χ3v) is 4.83. The van der Waals surface area contributed by atoms with E-state index in [-0.39, 0.29) is 0 Å². The highest BCUT2D eigenvalue weighted by atomic mass is 32.1. The summed E-state index contributed by atoms with van der Waals surface area (Å²) in [5, 5.41) is 9.85. The Balaban J connectivity index is 2.29. The first-order chi connectivity index (χ1) is 8.49. The van der Waals surface area contributed by atoms with Gasteiger partial charge in [0.25, 0.3) is 0 Å². The molecule has 0 bridgehead atoms. The SMILES string of the molecule is CC1CCC(C(C)C)C(c2ccc(S)c(O)c2)C1. The molecule has 1 aromatic carbocycles. The highest BCUT2D eigenvalue weighted by Gasteiger charge is 2.31. The van der Waals surface area contributed by atoms with Crippen LogP contribution in [-0.4, -0.2) is 5.11 Å². The first-order valence-corrected chi connectivity index (χ1v) is 7.45. The van der Waals surface area contributed by atoms with Crippen LogP contribution in [0, 0.1) is 17.8 Å². The maximum atomic E-state index is 9.85. The number of hydrogen-bond acceptors (Lipinski definition) is 2. The fourth-order valence-electron chi connectivity index (χ4n) is 3.36. The molecule has 1 aliphatic rings. The van der Waals surface area contributed by atoms with Crippen molar-refractivity contribution >= 4 is 12.6 Å². The lowest BCUT2D eigenvalue weighted by atomic mass is 9.67. The van der Waals surface area contributed by atoms with Crippen molar-refractivity contribution in [1.29, 1.82) is 0 Å². The lowest BCUT2D eigenvalue weighted by Crippen LogP contribution is -2.26. The molecule has 1 nitrogen and oxygen atoms in total. The van der Waals surface area contributed by atoms with Crippen LogP contribution in [0.1, 0.15) is 51.5 Å². The summed E-state index contributed by atoms with van der Waals surface area (Å²) in [5.74, 6) is 3.15.